The van der Waals surface area contributed by atoms with Crippen molar-refractivity contribution in [2.45, 2.75) is 64.8 Å². The van der Waals surface area contributed by atoms with Crippen LogP contribution >= 0.6 is 0 Å². The molecule has 0 spiro atoms. The van der Waals surface area contributed by atoms with Gasteiger partial charge in [-0.2, -0.15) is 5.26 Å². The van der Waals surface area contributed by atoms with Crippen molar-refractivity contribution in [3.05, 3.63) is 34.9 Å². The van der Waals surface area contributed by atoms with Gasteiger partial charge >= 0.3 is 0 Å². The van der Waals surface area contributed by atoms with E-state index in [-0.39, 0.29) is 5.54 Å². The maximum Gasteiger partial charge on any atom is 0.0853 e. The monoisotopic (exact) mass is 268 g/mol. The van der Waals surface area contributed by atoms with Crippen LogP contribution in [0.4, 0.5) is 0 Å². The molecule has 106 valence electrons. The number of aryl methyl sites for hydroxylation is 1. The Hall–Kier alpha value is -1.62. The van der Waals surface area contributed by atoms with Gasteiger partial charge in [-0.25, -0.2) is 0 Å². The summed E-state index contributed by atoms with van der Waals surface area (Å²) in [7, 11) is 0. The molecule has 2 heteroatoms. The number of rotatable bonds is 5. The summed E-state index contributed by atoms with van der Waals surface area (Å²) in [6, 6.07) is 8.83. The Morgan fingerprint density at radius 2 is 2.00 bits per heavy atom. The van der Waals surface area contributed by atoms with Crippen LogP contribution in [0.1, 0.15) is 63.1 Å². The fourth-order valence-electron chi connectivity index (χ4n) is 3.30. The van der Waals surface area contributed by atoms with Gasteiger partial charge in [0.2, 0.25) is 0 Å². The third-order valence-electron chi connectivity index (χ3n) is 4.61. The number of aliphatic imine (C=N–C) groups is 1. The highest BCUT2D eigenvalue weighted by atomic mass is 14.9. The summed E-state index contributed by atoms with van der Waals surface area (Å²) in [5.41, 5.74) is 5.46. The average molecular weight is 268 g/mol. The summed E-state index contributed by atoms with van der Waals surface area (Å²) in [6.45, 7) is 6.66. The topological polar surface area (TPSA) is 36.1 Å². The maximum atomic E-state index is 8.85. The lowest BCUT2D eigenvalue weighted by molar-refractivity contribution is 0.406. The molecular weight excluding hydrogens is 244 g/mol. The van der Waals surface area contributed by atoms with Gasteiger partial charge in [-0.1, -0.05) is 39.0 Å². The third-order valence-corrected chi connectivity index (χ3v) is 4.61. The maximum absolute atomic E-state index is 8.85. The first-order valence-electron chi connectivity index (χ1n) is 7.76. The second-order valence-corrected chi connectivity index (χ2v) is 5.55. The number of nitriles is 1. The van der Waals surface area contributed by atoms with Gasteiger partial charge in [-0.05, 0) is 42.4 Å². The molecule has 0 amide bonds. The molecule has 1 heterocycles. The summed E-state index contributed by atoms with van der Waals surface area (Å²) in [4.78, 5) is 5.08. The normalized spacial score (nSPS) is 16.2. The molecule has 0 N–H and O–H groups in total. The Kier molecular flexibility index (Phi) is 4.60. The van der Waals surface area contributed by atoms with Gasteiger partial charge < -0.3 is 0 Å². The predicted octanol–water partition coefficient (Wildman–Crippen LogP) is 4.57. The third kappa shape index (κ3) is 2.50. The molecule has 1 aliphatic heterocycles. The van der Waals surface area contributed by atoms with Crippen LogP contribution in [0.3, 0.4) is 0 Å². The van der Waals surface area contributed by atoms with E-state index in [2.05, 4.69) is 45.0 Å². The van der Waals surface area contributed by atoms with Crippen LogP contribution in [0.15, 0.2) is 23.2 Å². The SMILES string of the molecule is CCC1=NC(CC)(CC)c2cccc(CCC#N)c2C1. The van der Waals surface area contributed by atoms with Crippen LogP contribution in [0.5, 0.6) is 0 Å². The Morgan fingerprint density at radius 1 is 1.25 bits per heavy atom. The van der Waals surface area contributed by atoms with Gasteiger partial charge in [-0.3, -0.25) is 4.99 Å². The largest absolute Gasteiger partial charge is 0.282 e. The summed E-state index contributed by atoms with van der Waals surface area (Å²) < 4.78 is 0. The number of hydrogen-bond donors (Lipinski definition) is 0. The fraction of sp³-hybridized carbons (Fsp3) is 0.556. The zero-order valence-corrected chi connectivity index (χ0v) is 12.9. The van der Waals surface area contributed by atoms with E-state index in [1.807, 2.05) is 0 Å². The summed E-state index contributed by atoms with van der Waals surface area (Å²) in [5.74, 6) is 0. The van der Waals surface area contributed by atoms with Crippen LogP contribution in [0.25, 0.3) is 0 Å². The standard InChI is InChI=1S/C18H24N2/c1-4-15-13-16-14(10-8-12-19)9-7-11-17(16)18(5-2,6-3)20-15/h7,9,11H,4-6,8,10,13H2,1-3H3. The predicted molar refractivity (Wildman–Crippen MR) is 84.1 cm³/mol. The van der Waals surface area contributed by atoms with Crippen LogP contribution in [0.2, 0.25) is 0 Å². The van der Waals surface area contributed by atoms with Gasteiger partial charge in [0.05, 0.1) is 11.6 Å². The molecule has 0 aliphatic carbocycles. The molecule has 2 nitrogen and oxygen atoms in total. The molecule has 1 aliphatic rings. The van der Waals surface area contributed by atoms with Crippen molar-refractivity contribution in [2.75, 3.05) is 0 Å². The first-order chi connectivity index (χ1) is 9.70. The van der Waals surface area contributed by atoms with Gasteiger partial charge in [0.25, 0.3) is 0 Å². The van der Waals surface area contributed by atoms with Crippen LogP contribution in [0, 0.1) is 11.3 Å². The lowest BCUT2D eigenvalue weighted by Gasteiger charge is -2.36. The minimum atomic E-state index is -0.0401. The highest BCUT2D eigenvalue weighted by molar-refractivity contribution is 5.89. The molecule has 1 aromatic rings. The Balaban J connectivity index is 2.53. The van der Waals surface area contributed by atoms with Crippen molar-refractivity contribution in [2.24, 2.45) is 4.99 Å². The number of benzene rings is 1. The molecule has 2 rings (SSSR count). The van der Waals surface area contributed by atoms with Gasteiger partial charge in [0.15, 0.2) is 0 Å². The number of hydrogen-bond acceptors (Lipinski definition) is 2. The van der Waals surface area contributed by atoms with Crippen molar-refractivity contribution in [3.63, 3.8) is 0 Å². The number of fused-ring (bicyclic) bond motifs is 1. The molecule has 0 bridgehead atoms. The van der Waals surface area contributed by atoms with E-state index in [1.54, 1.807) is 0 Å². The Labute approximate surface area is 122 Å². The summed E-state index contributed by atoms with van der Waals surface area (Å²) in [5, 5.41) is 8.85. The van der Waals surface area contributed by atoms with E-state index in [9.17, 15) is 0 Å². The van der Waals surface area contributed by atoms with E-state index < -0.39 is 0 Å². The molecule has 0 aromatic heterocycles. The smallest absolute Gasteiger partial charge is 0.0853 e. The van der Waals surface area contributed by atoms with Crippen molar-refractivity contribution in [1.82, 2.24) is 0 Å². The Bertz CT molecular complexity index is 545. The van der Waals surface area contributed by atoms with Gasteiger partial charge in [0.1, 0.15) is 0 Å². The molecule has 0 atom stereocenters. The van der Waals surface area contributed by atoms with Crippen molar-refractivity contribution < 1.29 is 0 Å². The second-order valence-electron chi connectivity index (χ2n) is 5.55. The zero-order chi connectivity index (χ0) is 14.6. The van der Waals surface area contributed by atoms with E-state index in [0.29, 0.717) is 6.42 Å². The molecule has 0 saturated heterocycles. The molecule has 0 radical (unpaired) electrons. The fourth-order valence-corrected chi connectivity index (χ4v) is 3.30. The van der Waals surface area contributed by atoms with Gasteiger partial charge in [-0.15, -0.1) is 0 Å². The molecule has 0 fully saturated rings. The first-order valence-corrected chi connectivity index (χ1v) is 7.76. The minimum absolute atomic E-state index is 0.0401. The van der Waals surface area contributed by atoms with Crippen LogP contribution < -0.4 is 0 Å². The van der Waals surface area contributed by atoms with E-state index >= 15 is 0 Å². The minimum Gasteiger partial charge on any atom is -0.282 e. The van der Waals surface area contributed by atoms with Crippen molar-refractivity contribution >= 4 is 5.71 Å². The average Bonchev–Trinajstić information content (AvgIpc) is 2.51. The van der Waals surface area contributed by atoms with Crippen molar-refractivity contribution in [1.29, 1.82) is 5.26 Å². The van der Waals surface area contributed by atoms with Crippen LogP contribution in [-0.2, 0) is 18.4 Å². The molecular formula is C18H24N2. The van der Waals surface area contributed by atoms with Gasteiger partial charge in [0, 0.05) is 18.6 Å². The molecule has 0 saturated carbocycles. The lowest BCUT2D eigenvalue weighted by atomic mass is 9.76. The zero-order valence-electron chi connectivity index (χ0n) is 12.9. The van der Waals surface area contributed by atoms with E-state index in [4.69, 9.17) is 10.3 Å². The first kappa shape index (κ1) is 14.8. The lowest BCUT2D eigenvalue weighted by Crippen LogP contribution is -2.31. The summed E-state index contributed by atoms with van der Waals surface area (Å²) >= 11 is 0. The molecule has 20 heavy (non-hydrogen) atoms. The highest BCUT2D eigenvalue weighted by Crippen LogP contribution is 2.40. The molecule has 1 aromatic carbocycles. The second kappa shape index (κ2) is 6.22. The molecule has 0 unspecified atom stereocenters. The van der Waals surface area contributed by atoms with E-state index in [0.717, 1.165) is 32.1 Å². The van der Waals surface area contributed by atoms with Crippen LogP contribution in [-0.4, -0.2) is 5.71 Å². The van der Waals surface area contributed by atoms with Crippen molar-refractivity contribution in [3.8, 4) is 6.07 Å². The highest BCUT2D eigenvalue weighted by Gasteiger charge is 2.34. The Morgan fingerprint density at radius 3 is 2.60 bits per heavy atom. The number of nitrogens with zero attached hydrogens (tertiary/aromatic N) is 2. The van der Waals surface area contributed by atoms with E-state index in [1.165, 1.54) is 22.4 Å². The quantitative estimate of drug-likeness (QED) is 0.770. The summed E-state index contributed by atoms with van der Waals surface area (Å²) in [6.07, 6.45) is 5.53.